The molecule has 0 bridgehead atoms. The molecule has 2 aromatic carbocycles. The molecule has 2 rings (SSSR count). The van der Waals surface area contributed by atoms with E-state index >= 15 is 0 Å². The Morgan fingerprint density at radius 3 is 2.26 bits per heavy atom. The summed E-state index contributed by atoms with van der Waals surface area (Å²) in [6.45, 7) is 9.10. The first kappa shape index (κ1) is 27.7. The first-order valence-corrected chi connectivity index (χ1v) is 13.3. The fraction of sp³-hybridized carbons (Fsp3) is 0.440. The van der Waals surface area contributed by atoms with Crippen molar-refractivity contribution in [3.05, 3.63) is 64.7 Å². The van der Waals surface area contributed by atoms with Gasteiger partial charge in [0.25, 0.3) is 0 Å². The average molecular weight is 508 g/mol. The van der Waals surface area contributed by atoms with Crippen LogP contribution in [-0.2, 0) is 26.2 Å². The smallest absolute Gasteiger partial charge is 0.244 e. The van der Waals surface area contributed by atoms with E-state index in [2.05, 4.69) is 5.32 Å². The van der Waals surface area contributed by atoms with Crippen LogP contribution in [0.25, 0.3) is 0 Å². The summed E-state index contributed by atoms with van der Waals surface area (Å²) in [6.07, 6.45) is 1.41. The third-order valence-corrected chi connectivity index (χ3v) is 6.64. The van der Waals surface area contributed by atoms with E-state index in [0.29, 0.717) is 11.4 Å². The van der Waals surface area contributed by atoms with E-state index in [9.17, 15) is 18.0 Å². The molecule has 2 amide bonds. The maximum atomic E-state index is 13.7. The minimum absolute atomic E-state index is 0.175. The fourth-order valence-electron chi connectivity index (χ4n) is 3.59. The van der Waals surface area contributed by atoms with Gasteiger partial charge in [0.15, 0.2) is 0 Å². The highest BCUT2D eigenvalue weighted by atomic mass is 35.5. The topological polar surface area (TPSA) is 86.8 Å². The van der Waals surface area contributed by atoms with Gasteiger partial charge in [-0.25, -0.2) is 8.42 Å². The number of hydrogen-bond acceptors (Lipinski definition) is 4. The van der Waals surface area contributed by atoms with Crippen molar-refractivity contribution in [2.45, 2.75) is 59.2 Å². The number of sulfonamides is 1. The SMILES string of the molecule is CC[C@@H](C(=O)NC(C)(C)C)N(Cc1ccccc1C)C(=O)CN(c1cccc(Cl)c1)S(C)(=O)=O. The van der Waals surface area contributed by atoms with Crippen LogP contribution in [0.2, 0.25) is 5.02 Å². The second kappa shape index (κ2) is 11.2. The summed E-state index contributed by atoms with van der Waals surface area (Å²) in [6, 6.07) is 13.2. The van der Waals surface area contributed by atoms with E-state index in [0.717, 1.165) is 21.7 Å². The quantitative estimate of drug-likeness (QED) is 0.552. The molecule has 0 aliphatic rings. The number of nitrogens with zero attached hydrogens (tertiary/aromatic N) is 2. The van der Waals surface area contributed by atoms with Crippen molar-refractivity contribution in [2.75, 3.05) is 17.1 Å². The van der Waals surface area contributed by atoms with E-state index in [1.165, 1.54) is 11.0 Å². The van der Waals surface area contributed by atoms with Gasteiger partial charge in [-0.2, -0.15) is 0 Å². The lowest BCUT2D eigenvalue weighted by molar-refractivity contribution is -0.141. The van der Waals surface area contributed by atoms with Crippen molar-refractivity contribution in [3.8, 4) is 0 Å². The highest BCUT2D eigenvalue weighted by Crippen LogP contribution is 2.23. The summed E-state index contributed by atoms with van der Waals surface area (Å²) in [5.74, 6) is -0.768. The van der Waals surface area contributed by atoms with E-state index < -0.39 is 34.1 Å². The van der Waals surface area contributed by atoms with Crippen LogP contribution >= 0.6 is 11.6 Å². The number of anilines is 1. The molecule has 7 nitrogen and oxygen atoms in total. The number of nitrogens with one attached hydrogen (secondary N) is 1. The molecule has 1 N–H and O–H groups in total. The van der Waals surface area contributed by atoms with Gasteiger partial charge in [-0.05, 0) is 63.4 Å². The summed E-state index contributed by atoms with van der Waals surface area (Å²) in [5, 5.41) is 3.30. The number of benzene rings is 2. The summed E-state index contributed by atoms with van der Waals surface area (Å²) < 4.78 is 26.2. The molecule has 186 valence electrons. The van der Waals surface area contributed by atoms with E-state index in [-0.39, 0.29) is 18.1 Å². The van der Waals surface area contributed by atoms with E-state index in [4.69, 9.17) is 11.6 Å². The molecule has 0 heterocycles. The zero-order chi connectivity index (χ0) is 25.7. The molecule has 0 spiro atoms. The maximum absolute atomic E-state index is 13.7. The van der Waals surface area contributed by atoms with Gasteiger partial charge in [-0.3, -0.25) is 13.9 Å². The van der Waals surface area contributed by atoms with Gasteiger partial charge >= 0.3 is 0 Å². The molecular formula is C25H34ClN3O4S. The minimum Gasteiger partial charge on any atom is -0.350 e. The molecule has 0 aliphatic heterocycles. The van der Waals surface area contributed by atoms with Crippen LogP contribution in [-0.4, -0.2) is 49.5 Å². The molecule has 34 heavy (non-hydrogen) atoms. The standard InChI is InChI=1S/C25H34ClN3O4S/c1-7-22(24(31)27-25(3,4)5)28(16-19-12-9-8-11-18(19)2)23(30)17-29(34(6,32)33)21-14-10-13-20(26)15-21/h8-15,22H,7,16-17H2,1-6H3,(H,27,31)/t22-/m0/s1. The molecule has 0 unspecified atom stereocenters. The summed E-state index contributed by atoms with van der Waals surface area (Å²) in [4.78, 5) is 28.3. The highest BCUT2D eigenvalue weighted by Gasteiger charge is 2.33. The number of rotatable bonds is 9. The Hall–Kier alpha value is -2.58. The van der Waals surface area contributed by atoms with E-state index in [1.807, 2.05) is 58.9 Å². The van der Waals surface area contributed by atoms with Crippen LogP contribution in [0.1, 0.15) is 45.2 Å². The first-order valence-electron chi connectivity index (χ1n) is 11.1. The Labute approximate surface area is 208 Å². The summed E-state index contributed by atoms with van der Waals surface area (Å²) in [5.41, 5.74) is 1.65. The Kier molecular flexibility index (Phi) is 9.14. The third kappa shape index (κ3) is 7.74. The Morgan fingerprint density at radius 2 is 1.74 bits per heavy atom. The van der Waals surface area contributed by atoms with Crippen LogP contribution in [0, 0.1) is 6.92 Å². The third-order valence-electron chi connectivity index (χ3n) is 5.26. The molecule has 0 aromatic heterocycles. The van der Waals surface area contributed by atoms with Crippen LogP contribution in [0.5, 0.6) is 0 Å². The number of amides is 2. The Bertz CT molecular complexity index is 1130. The maximum Gasteiger partial charge on any atom is 0.244 e. The second-order valence-corrected chi connectivity index (χ2v) is 11.7. The monoisotopic (exact) mass is 507 g/mol. The van der Waals surface area contributed by atoms with Crippen molar-refractivity contribution < 1.29 is 18.0 Å². The number of hydrogen-bond donors (Lipinski definition) is 1. The van der Waals surface area contributed by atoms with Gasteiger partial charge < -0.3 is 10.2 Å². The van der Waals surface area contributed by atoms with Gasteiger partial charge in [0.05, 0.1) is 11.9 Å². The summed E-state index contributed by atoms with van der Waals surface area (Å²) in [7, 11) is -3.80. The molecule has 2 aromatic rings. The zero-order valence-electron chi connectivity index (χ0n) is 20.6. The number of aryl methyl sites for hydroxylation is 1. The minimum atomic E-state index is -3.80. The van der Waals surface area contributed by atoms with Gasteiger partial charge in [-0.15, -0.1) is 0 Å². The van der Waals surface area contributed by atoms with Crippen molar-refractivity contribution >= 4 is 39.1 Å². The van der Waals surface area contributed by atoms with Gasteiger partial charge in [0.2, 0.25) is 21.8 Å². The van der Waals surface area contributed by atoms with Gasteiger partial charge in [0.1, 0.15) is 12.6 Å². The van der Waals surface area contributed by atoms with Crippen molar-refractivity contribution in [2.24, 2.45) is 0 Å². The first-order chi connectivity index (χ1) is 15.7. The van der Waals surface area contributed by atoms with Crippen molar-refractivity contribution in [3.63, 3.8) is 0 Å². The Balaban J connectivity index is 2.48. The van der Waals surface area contributed by atoms with Gasteiger partial charge in [0, 0.05) is 17.1 Å². The van der Waals surface area contributed by atoms with Crippen molar-refractivity contribution in [1.82, 2.24) is 10.2 Å². The Morgan fingerprint density at radius 1 is 1.09 bits per heavy atom. The van der Waals surface area contributed by atoms with Crippen LogP contribution in [0.3, 0.4) is 0 Å². The number of halogens is 1. The lowest BCUT2D eigenvalue weighted by Gasteiger charge is -2.34. The fourth-order valence-corrected chi connectivity index (χ4v) is 4.61. The molecule has 0 radical (unpaired) electrons. The number of carbonyl (C=O) groups is 2. The molecule has 9 heteroatoms. The predicted octanol–water partition coefficient (Wildman–Crippen LogP) is 4.14. The van der Waals surface area contributed by atoms with Crippen LogP contribution in [0.15, 0.2) is 48.5 Å². The average Bonchev–Trinajstić information content (AvgIpc) is 2.70. The molecule has 0 aliphatic carbocycles. The van der Waals surface area contributed by atoms with Crippen molar-refractivity contribution in [1.29, 1.82) is 0 Å². The summed E-state index contributed by atoms with van der Waals surface area (Å²) >= 11 is 6.07. The normalized spacial score (nSPS) is 12.7. The largest absolute Gasteiger partial charge is 0.350 e. The molecule has 0 saturated carbocycles. The molecule has 0 saturated heterocycles. The molecule has 1 atom stereocenters. The van der Waals surface area contributed by atoms with Crippen LogP contribution in [0.4, 0.5) is 5.69 Å². The van der Waals surface area contributed by atoms with E-state index in [1.54, 1.807) is 18.2 Å². The lowest BCUT2D eigenvalue weighted by atomic mass is 10.0. The lowest BCUT2D eigenvalue weighted by Crippen LogP contribution is -2.55. The molecule has 0 fully saturated rings. The van der Waals surface area contributed by atoms with Gasteiger partial charge in [-0.1, -0.05) is 48.9 Å². The highest BCUT2D eigenvalue weighted by molar-refractivity contribution is 7.92. The molecular weight excluding hydrogens is 474 g/mol. The number of carbonyl (C=O) groups excluding carboxylic acids is 2. The zero-order valence-corrected chi connectivity index (χ0v) is 22.2. The predicted molar refractivity (Wildman–Crippen MR) is 137 cm³/mol. The van der Waals surface area contributed by atoms with Crippen LogP contribution < -0.4 is 9.62 Å². The second-order valence-electron chi connectivity index (χ2n) is 9.36.